The van der Waals surface area contributed by atoms with Gasteiger partial charge in [0.25, 0.3) is 0 Å². The van der Waals surface area contributed by atoms with Crippen LogP contribution in [0.5, 0.6) is 0 Å². The molecule has 0 saturated carbocycles. The number of fused-ring (bicyclic) bond motifs is 1. The first kappa shape index (κ1) is 6.62. The normalized spacial score (nSPS) is 41.7. The molecule has 2 nitrogen and oxygen atoms in total. The lowest BCUT2D eigenvalue weighted by atomic mass is 9.97. The highest BCUT2D eigenvalue weighted by Gasteiger charge is 2.31. The maximum atomic E-state index is 3.53. The molecule has 2 saturated heterocycles. The Balaban J connectivity index is 2.03. The fraction of sp³-hybridized carbons (Fsp3) is 1.00. The zero-order valence-electron chi connectivity index (χ0n) is 6.64. The van der Waals surface area contributed by atoms with Crippen LogP contribution in [-0.4, -0.2) is 30.7 Å². The van der Waals surface area contributed by atoms with Crippen molar-refractivity contribution in [3.63, 3.8) is 0 Å². The van der Waals surface area contributed by atoms with Gasteiger partial charge in [-0.1, -0.05) is 6.92 Å². The molecule has 2 atom stereocenters. The molecule has 2 rings (SSSR count). The Kier molecular flexibility index (Phi) is 1.66. The zero-order valence-corrected chi connectivity index (χ0v) is 6.64. The Labute approximate surface area is 62.6 Å². The largest absolute Gasteiger partial charge is 0.300 e. The molecule has 1 unspecified atom stereocenters. The van der Waals surface area contributed by atoms with E-state index in [9.17, 15) is 0 Å². The van der Waals surface area contributed by atoms with Gasteiger partial charge < -0.3 is 5.32 Å². The van der Waals surface area contributed by atoms with Gasteiger partial charge in [-0.15, -0.1) is 0 Å². The van der Waals surface area contributed by atoms with Crippen molar-refractivity contribution in [2.75, 3.05) is 19.6 Å². The summed E-state index contributed by atoms with van der Waals surface area (Å²) in [5.74, 6) is 0.872. The highest BCUT2D eigenvalue weighted by molar-refractivity contribution is 4.85. The van der Waals surface area contributed by atoms with Crippen molar-refractivity contribution in [3.8, 4) is 0 Å². The molecule has 2 aliphatic heterocycles. The Hall–Kier alpha value is -0.0800. The predicted octanol–water partition coefficient (Wildman–Crippen LogP) is 0.648. The summed E-state index contributed by atoms with van der Waals surface area (Å²) in [6.45, 7) is 6.15. The average molecular weight is 140 g/mol. The quantitative estimate of drug-likeness (QED) is 0.531. The van der Waals surface area contributed by atoms with E-state index < -0.39 is 0 Å². The van der Waals surface area contributed by atoms with Crippen LogP contribution >= 0.6 is 0 Å². The first-order valence-corrected chi connectivity index (χ1v) is 4.35. The van der Waals surface area contributed by atoms with Crippen LogP contribution in [0.1, 0.15) is 19.8 Å². The minimum atomic E-state index is 0.716. The van der Waals surface area contributed by atoms with E-state index in [0.717, 1.165) is 5.92 Å². The summed E-state index contributed by atoms with van der Waals surface area (Å²) < 4.78 is 0. The number of nitrogens with one attached hydrogen (secondary N) is 1. The smallest absolute Gasteiger partial charge is 0.0624 e. The first-order valence-electron chi connectivity index (χ1n) is 4.35. The molecule has 0 aliphatic carbocycles. The third kappa shape index (κ3) is 0.956. The highest BCUT2D eigenvalue weighted by atomic mass is 15.3. The predicted molar refractivity (Wildman–Crippen MR) is 41.8 cm³/mol. The SMILES string of the molecule is C[C@H]1CCCN2CCNC12. The van der Waals surface area contributed by atoms with Gasteiger partial charge in [0.1, 0.15) is 0 Å². The van der Waals surface area contributed by atoms with E-state index in [-0.39, 0.29) is 0 Å². The van der Waals surface area contributed by atoms with E-state index in [1.165, 1.54) is 32.5 Å². The number of hydrogen-bond acceptors (Lipinski definition) is 2. The van der Waals surface area contributed by atoms with Crippen molar-refractivity contribution in [2.45, 2.75) is 25.9 Å². The minimum absolute atomic E-state index is 0.716. The molecular formula is C8H16N2. The summed E-state index contributed by atoms with van der Waals surface area (Å²) in [5, 5.41) is 3.53. The van der Waals surface area contributed by atoms with Crippen molar-refractivity contribution >= 4 is 0 Å². The highest BCUT2D eigenvalue weighted by Crippen LogP contribution is 2.23. The Morgan fingerprint density at radius 3 is 3.10 bits per heavy atom. The second-order valence-corrected chi connectivity index (χ2v) is 3.55. The van der Waals surface area contributed by atoms with E-state index in [4.69, 9.17) is 0 Å². The van der Waals surface area contributed by atoms with Crippen molar-refractivity contribution in [1.29, 1.82) is 0 Å². The van der Waals surface area contributed by atoms with Crippen molar-refractivity contribution < 1.29 is 0 Å². The maximum Gasteiger partial charge on any atom is 0.0624 e. The molecule has 2 fully saturated rings. The standard InChI is InChI=1S/C8H16N2/c1-7-3-2-5-10-6-4-9-8(7)10/h7-9H,2-6H2,1H3/t7-,8?/m0/s1. The fourth-order valence-electron chi connectivity index (χ4n) is 2.21. The Morgan fingerprint density at radius 2 is 2.30 bits per heavy atom. The average Bonchev–Trinajstić information content (AvgIpc) is 2.36. The number of rotatable bonds is 0. The van der Waals surface area contributed by atoms with Crippen LogP contribution in [0.4, 0.5) is 0 Å². The van der Waals surface area contributed by atoms with Crippen LogP contribution in [-0.2, 0) is 0 Å². The first-order chi connectivity index (χ1) is 4.88. The topological polar surface area (TPSA) is 15.3 Å². The molecule has 0 aromatic carbocycles. The summed E-state index contributed by atoms with van der Waals surface area (Å²) in [5.41, 5.74) is 0. The molecule has 1 N–H and O–H groups in total. The molecule has 0 radical (unpaired) electrons. The maximum absolute atomic E-state index is 3.53. The van der Waals surface area contributed by atoms with Gasteiger partial charge in [-0.05, 0) is 25.3 Å². The fourth-order valence-corrected chi connectivity index (χ4v) is 2.21. The van der Waals surface area contributed by atoms with Gasteiger partial charge in [-0.2, -0.15) is 0 Å². The molecule has 0 aromatic heterocycles. The molecule has 0 aromatic rings. The van der Waals surface area contributed by atoms with Gasteiger partial charge in [0.15, 0.2) is 0 Å². The van der Waals surface area contributed by atoms with Crippen LogP contribution in [0.2, 0.25) is 0 Å². The van der Waals surface area contributed by atoms with Gasteiger partial charge in [-0.3, -0.25) is 4.90 Å². The second kappa shape index (κ2) is 2.51. The summed E-state index contributed by atoms with van der Waals surface area (Å²) >= 11 is 0. The lowest BCUT2D eigenvalue weighted by molar-refractivity contribution is 0.131. The van der Waals surface area contributed by atoms with Crippen LogP contribution in [0.25, 0.3) is 0 Å². The molecule has 0 spiro atoms. The van der Waals surface area contributed by atoms with Crippen LogP contribution < -0.4 is 5.32 Å². The molecular weight excluding hydrogens is 124 g/mol. The minimum Gasteiger partial charge on any atom is -0.300 e. The summed E-state index contributed by atoms with van der Waals surface area (Å²) in [6, 6.07) is 0. The Morgan fingerprint density at radius 1 is 1.40 bits per heavy atom. The van der Waals surface area contributed by atoms with Crippen LogP contribution in [0.15, 0.2) is 0 Å². The van der Waals surface area contributed by atoms with Crippen molar-refractivity contribution in [2.24, 2.45) is 5.92 Å². The lowest BCUT2D eigenvalue weighted by Crippen LogP contribution is -2.44. The summed E-state index contributed by atoms with van der Waals surface area (Å²) in [7, 11) is 0. The van der Waals surface area contributed by atoms with Gasteiger partial charge in [0.2, 0.25) is 0 Å². The van der Waals surface area contributed by atoms with Crippen LogP contribution in [0, 0.1) is 5.92 Å². The van der Waals surface area contributed by atoms with Gasteiger partial charge in [0, 0.05) is 13.1 Å². The van der Waals surface area contributed by atoms with E-state index in [1.807, 2.05) is 0 Å². The Bertz CT molecular complexity index is 124. The molecule has 2 heteroatoms. The van der Waals surface area contributed by atoms with Gasteiger partial charge >= 0.3 is 0 Å². The van der Waals surface area contributed by atoms with E-state index in [1.54, 1.807) is 0 Å². The lowest BCUT2D eigenvalue weighted by Gasteiger charge is -2.34. The molecule has 0 bridgehead atoms. The number of nitrogens with zero attached hydrogens (tertiary/aromatic N) is 1. The summed E-state index contributed by atoms with van der Waals surface area (Å²) in [6.07, 6.45) is 3.53. The molecule has 0 amide bonds. The van der Waals surface area contributed by atoms with E-state index in [2.05, 4.69) is 17.1 Å². The van der Waals surface area contributed by atoms with Gasteiger partial charge in [0.05, 0.1) is 6.17 Å². The zero-order chi connectivity index (χ0) is 6.97. The number of hydrogen-bond donors (Lipinski definition) is 1. The third-order valence-corrected chi connectivity index (χ3v) is 2.79. The van der Waals surface area contributed by atoms with E-state index in [0.29, 0.717) is 6.17 Å². The molecule has 2 heterocycles. The molecule has 10 heavy (non-hydrogen) atoms. The van der Waals surface area contributed by atoms with Crippen molar-refractivity contribution in [3.05, 3.63) is 0 Å². The third-order valence-electron chi connectivity index (χ3n) is 2.79. The van der Waals surface area contributed by atoms with Crippen LogP contribution in [0.3, 0.4) is 0 Å². The molecule has 2 aliphatic rings. The second-order valence-electron chi connectivity index (χ2n) is 3.55. The van der Waals surface area contributed by atoms with Crippen molar-refractivity contribution in [1.82, 2.24) is 10.2 Å². The molecule has 58 valence electrons. The van der Waals surface area contributed by atoms with E-state index >= 15 is 0 Å². The monoisotopic (exact) mass is 140 g/mol. The summed E-state index contributed by atoms with van der Waals surface area (Å²) in [4.78, 5) is 2.58. The number of piperidine rings is 1. The van der Waals surface area contributed by atoms with Gasteiger partial charge in [-0.25, -0.2) is 0 Å².